The van der Waals surface area contributed by atoms with Crippen LogP contribution in [0.1, 0.15) is 27.7 Å². The molecule has 0 radical (unpaired) electrons. The van der Waals surface area contributed by atoms with Crippen molar-refractivity contribution in [2.45, 2.75) is 45.4 Å². The number of halogens is 1. The fraction of sp³-hybridized carbons (Fsp3) is 0.800. The lowest BCUT2D eigenvalue weighted by molar-refractivity contribution is 0.0684. The largest absolute Gasteiger partial charge is 0.472 e. The van der Waals surface area contributed by atoms with Gasteiger partial charge in [0.1, 0.15) is 12.7 Å². The maximum Gasteiger partial charge on any atom is 0.265 e. The highest BCUT2D eigenvalue weighted by atomic mass is 35.5. The van der Waals surface area contributed by atoms with E-state index in [1.54, 1.807) is 0 Å². The van der Waals surface area contributed by atoms with Crippen molar-refractivity contribution in [3.63, 3.8) is 0 Å². The van der Waals surface area contributed by atoms with Crippen LogP contribution in [0.2, 0.25) is 5.15 Å². The molecule has 0 aliphatic heterocycles. The van der Waals surface area contributed by atoms with Crippen LogP contribution in [0.5, 0.6) is 5.88 Å². The molecule has 0 spiro atoms. The molecule has 1 aromatic rings. The molecule has 0 saturated heterocycles. The molecule has 2 atom stereocenters. The number of aliphatic hydroxyl groups excluding tert-OH is 1. The zero-order valence-corrected chi connectivity index (χ0v) is 12.0. The monoisotopic (exact) mass is 279 g/mol. The molecule has 17 heavy (non-hydrogen) atoms. The topological polar surface area (TPSA) is 67.3 Å². The van der Waals surface area contributed by atoms with Gasteiger partial charge in [-0.2, -0.15) is 4.37 Å². The van der Waals surface area contributed by atoms with Crippen molar-refractivity contribution in [3.05, 3.63) is 5.15 Å². The predicted octanol–water partition coefficient (Wildman–Crippen LogP) is 1.71. The third kappa shape index (κ3) is 5.16. The number of rotatable bonds is 5. The molecule has 1 aromatic heterocycles. The molecule has 0 bridgehead atoms. The van der Waals surface area contributed by atoms with Gasteiger partial charge < -0.3 is 15.2 Å². The molecule has 2 N–H and O–H groups in total. The molecule has 0 saturated carbocycles. The van der Waals surface area contributed by atoms with E-state index in [4.69, 9.17) is 16.3 Å². The van der Waals surface area contributed by atoms with Crippen LogP contribution in [0, 0.1) is 0 Å². The zero-order valence-electron chi connectivity index (χ0n) is 10.4. The molecule has 0 aromatic carbocycles. The van der Waals surface area contributed by atoms with E-state index in [1.807, 2.05) is 27.7 Å². The summed E-state index contributed by atoms with van der Waals surface area (Å²) in [4.78, 5) is 0. The van der Waals surface area contributed by atoms with Gasteiger partial charge in [0.05, 0.1) is 11.7 Å². The Morgan fingerprint density at radius 1 is 1.47 bits per heavy atom. The summed E-state index contributed by atoms with van der Waals surface area (Å²) in [6.07, 6.45) is -0.632. The lowest BCUT2D eigenvalue weighted by Crippen LogP contribution is -2.49. The minimum atomic E-state index is -0.632. The van der Waals surface area contributed by atoms with Gasteiger partial charge in [-0.15, -0.1) is 4.37 Å². The van der Waals surface area contributed by atoms with Gasteiger partial charge in [0.2, 0.25) is 5.15 Å². The van der Waals surface area contributed by atoms with Crippen LogP contribution in [-0.4, -0.2) is 38.1 Å². The van der Waals surface area contributed by atoms with E-state index >= 15 is 0 Å². The first-order valence-corrected chi connectivity index (χ1v) is 6.47. The van der Waals surface area contributed by atoms with Gasteiger partial charge in [0.25, 0.3) is 5.88 Å². The van der Waals surface area contributed by atoms with Crippen molar-refractivity contribution < 1.29 is 9.84 Å². The molecular formula is C10H18ClN3O2S. The van der Waals surface area contributed by atoms with Gasteiger partial charge in [0, 0.05) is 11.6 Å². The number of nitrogens with zero attached hydrogens (tertiary/aromatic N) is 2. The quantitative estimate of drug-likeness (QED) is 0.859. The molecule has 0 fully saturated rings. The maximum absolute atomic E-state index is 9.90. The molecule has 1 heterocycles. The number of ether oxygens (including phenoxy) is 1. The van der Waals surface area contributed by atoms with Crippen molar-refractivity contribution in [2.24, 2.45) is 0 Å². The van der Waals surface area contributed by atoms with Gasteiger partial charge in [0.15, 0.2) is 0 Å². The first-order chi connectivity index (χ1) is 7.79. The van der Waals surface area contributed by atoms with Crippen molar-refractivity contribution in [1.82, 2.24) is 14.1 Å². The summed E-state index contributed by atoms with van der Waals surface area (Å²) in [5, 5.41) is 13.4. The molecular weight excluding hydrogens is 262 g/mol. The van der Waals surface area contributed by atoms with Gasteiger partial charge >= 0.3 is 0 Å². The van der Waals surface area contributed by atoms with Crippen LogP contribution in [0.3, 0.4) is 0 Å². The van der Waals surface area contributed by atoms with E-state index < -0.39 is 6.10 Å². The second-order valence-electron chi connectivity index (χ2n) is 4.92. The van der Waals surface area contributed by atoms with Gasteiger partial charge in [-0.1, -0.05) is 11.6 Å². The average molecular weight is 280 g/mol. The highest BCUT2D eigenvalue weighted by molar-refractivity contribution is 6.99. The highest BCUT2D eigenvalue weighted by Crippen LogP contribution is 2.20. The SMILES string of the molecule is CC(NC(C)(C)C)C(O)COc1nsnc1Cl. The first-order valence-electron chi connectivity index (χ1n) is 5.36. The third-order valence-corrected chi connectivity index (χ3v) is 2.91. The van der Waals surface area contributed by atoms with Gasteiger partial charge in [-0.3, -0.25) is 0 Å². The van der Waals surface area contributed by atoms with E-state index in [9.17, 15) is 5.11 Å². The molecule has 2 unspecified atom stereocenters. The van der Waals surface area contributed by atoms with Crippen LogP contribution >= 0.6 is 23.3 Å². The van der Waals surface area contributed by atoms with Crippen LogP contribution in [0.4, 0.5) is 0 Å². The third-order valence-electron chi connectivity index (χ3n) is 2.05. The summed E-state index contributed by atoms with van der Waals surface area (Å²) >= 11 is 6.71. The van der Waals surface area contributed by atoms with Crippen LogP contribution < -0.4 is 10.1 Å². The van der Waals surface area contributed by atoms with E-state index in [2.05, 4.69) is 14.1 Å². The van der Waals surface area contributed by atoms with Crippen molar-refractivity contribution >= 4 is 23.3 Å². The second kappa shape index (κ2) is 5.95. The molecule has 0 aliphatic rings. The Hall–Kier alpha value is -0.430. The smallest absolute Gasteiger partial charge is 0.265 e. The van der Waals surface area contributed by atoms with E-state index in [0.717, 1.165) is 11.7 Å². The van der Waals surface area contributed by atoms with Crippen molar-refractivity contribution in [1.29, 1.82) is 0 Å². The summed E-state index contributed by atoms with van der Waals surface area (Å²) in [7, 11) is 0. The average Bonchev–Trinajstić information content (AvgIpc) is 2.57. The number of aromatic nitrogens is 2. The number of hydrogen-bond donors (Lipinski definition) is 2. The van der Waals surface area contributed by atoms with Crippen molar-refractivity contribution in [2.75, 3.05) is 6.61 Å². The Morgan fingerprint density at radius 3 is 2.59 bits per heavy atom. The fourth-order valence-corrected chi connectivity index (χ4v) is 1.99. The predicted molar refractivity (Wildman–Crippen MR) is 68.8 cm³/mol. The maximum atomic E-state index is 9.90. The Labute approximate surface area is 110 Å². The molecule has 5 nitrogen and oxygen atoms in total. The van der Waals surface area contributed by atoms with Gasteiger partial charge in [-0.05, 0) is 27.7 Å². The second-order valence-corrected chi connectivity index (χ2v) is 5.81. The summed E-state index contributed by atoms with van der Waals surface area (Å²) in [6, 6.07) is -0.0830. The number of nitrogens with one attached hydrogen (secondary N) is 1. The Kier molecular flexibility index (Phi) is 5.12. The summed E-state index contributed by atoms with van der Waals surface area (Å²) in [6.45, 7) is 8.16. The molecule has 7 heteroatoms. The summed E-state index contributed by atoms with van der Waals surface area (Å²) in [5.41, 5.74) is -0.0553. The molecule has 0 amide bonds. The van der Waals surface area contributed by atoms with Crippen LogP contribution in [0.25, 0.3) is 0 Å². The molecule has 98 valence electrons. The van der Waals surface area contributed by atoms with E-state index in [1.165, 1.54) is 0 Å². The highest BCUT2D eigenvalue weighted by Gasteiger charge is 2.21. The first kappa shape index (κ1) is 14.6. The standard InChI is InChI=1S/C10H18ClN3O2S/c1-6(12-10(2,3)4)7(15)5-16-9-8(11)13-17-14-9/h6-7,12,15H,5H2,1-4H3. The lowest BCUT2D eigenvalue weighted by atomic mass is 10.1. The lowest BCUT2D eigenvalue weighted by Gasteiger charge is -2.29. The van der Waals surface area contributed by atoms with Crippen LogP contribution in [0.15, 0.2) is 0 Å². The van der Waals surface area contributed by atoms with E-state index in [0.29, 0.717) is 0 Å². The minimum absolute atomic E-state index is 0.0553. The Balaban J connectivity index is 2.39. The zero-order chi connectivity index (χ0) is 13.1. The number of aliphatic hydroxyl groups is 1. The number of hydrogen-bond acceptors (Lipinski definition) is 6. The Morgan fingerprint density at radius 2 is 2.12 bits per heavy atom. The minimum Gasteiger partial charge on any atom is -0.472 e. The summed E-state index contributed by atoms with van der Waals surface area (Å²) < 4.78 is 12.9. The normalized spacial score (nSPS) is 15.6. The van der Waals surface area contributed by atoms with Gasteiger partial charge in [-0.25, -0.2) is 0 Å². The fourth-order valence-electron chi connectivity index (χ4n) is 1.34. The molecule has 0 aliphatic carbocycles. The van der Waals surface area contributed by atoms with Crippen molar-refractivity contribution in [3.8, 4) is 5.88 Å². The summed E-state index contributed by atoms with van der Waals surface area (Å²) in [5.74, 6) is 0.277. The molecule has 1 rings (SSSR count). The van der Waals surface area contributed by atoms with E-state index in [-0.39, 0.29) is 29.2 Å². The Bertz CT molecular complexity index is 354. The van der Waals surface area contributed by atoms with Crippen LogP contribution in [-0.2, 0) is 0 Å².